The summed E-state index contributed by atoms with van der Waals surface area (Å²) in [7, 11) is 0. The highest BCUT2D eigenvalue weighted by atomic mass is 16.1. The van der Waals surface area contributed by atoms with Gasteiger partial charge in [0.15, 0.2) is 0 Å². The Bertz CT molecular complexity index is 196. The average Bonchev–Trinajstić information content (AvgIpc) is 2.02. The molecule has 0 atom stereocenters. The van der Waals surface area contributed by atoms with Crippen LogP contribution in [-0.4, -0.2) is 11.9 Å². The number of fused-ring (bicyclic) bond motifs is 2. The first-order chi connectivity index (χ1) is 6.15. The fourth-order valence-electron chi connectivity index (χ4n) is 2.65. The average molecular weight is 181 g/mol. The van der Waals surface area contributed by atoms with Gasteiger partial charge in [0.05, 0.1) is 0 Å². The van der Waals surface area contributed by atoms with E-state index in [1.165, 1.54) is 25.7 Å². The lowest BCUT2D eigenvalue weighted by molar-refractivity contribution is -0.125. The van der Waals surface area contributed by atoms with Gasteiger partial charge in [-0.15, -0.1) is 0 Å². The van der Waals surface area contributed by atoms with Crippen molar-refractivity contribution in [1.82, 2.24) is 5.32 Å². The monoisotopic (exact) mass is 181 g/mol. The van der Waals surface area contributed by atoms with Crippen molar-refractivity contribution in [3.05, 3.63) is 0 Å². The Kier molecular flexibility index (Phi) is 2.31. The number of rotatable bonds is 2. The minimum atomic E-state index is 0.137. The summed E-state index contributed by atoms with van der Waals surface area (Å²) in [5.41, 5.74) is 0. The molecule has 0 unspecified atom stereocenters. The lowest BCUT2D eigenvalue weighted by Gasteiger charge is -2.45. The van der Waals surface area contributed by atoms with Crippen molar-refractivity contribution in [3.8, 4) is 0 Å². The van der Waals surface area contributed by atoms with E-state index in [0.29, 0.717) is 6.04 Å². The highest BCUT2D eigenvalue weighted by Crippen LogP contribution is 2.45. The first-order valence-corrected chi connectivity index (χ1v) is 5.45. The second kappa shape index (κ2) is 3.32. The van der Waals surface area contributed by atoms with Crippen LogP contribution in [0.1, 0.15) is 39.5 Å². The van der Waals surface area contributed by atoms with Crippen molar-refractivity contribution < 1.29 is 4.79 Å². The van der Waals surface area contributed by atoms with Crippen LogP contribution >= 0.6 is 0 Å². The van der Waals surface area contributed by atoms with Gasteiger partial charge in [0.1, 0.15) is 0 Å². The second-order valence-electron chi connectivity index (χ2n) is 5.04. The van der Waals surface area contributed by atoms with Crippen molar-refractivity contribution in [2.45, 2.75) is 45.6 Å². The van der Waals surface area contributed by atoms with Crippen LogP contribution in [0.4, 0.5) is 0 Å². The van der Waals surface area contributed by atoms with E-state index < -0.39 is 0 Å². The summed E-state index contributed by atoms with van der Waals surface area (Å²) >= 11 is 0. The van der Waals surface area contributed by atoms with E-state index in [2.05, 4.69) is 5.32 Å². The summed E-state index contributed by atoms with van der Waals surface area (Å²) in [6.45, 7) is 3.91. The van der Waals surface area contributed by atoms with Crippen LogP contribution in [0, 0.1) is 17.8 Å². The highest BCUT2D eigenvalue weighted by molar-refractivity contribution is 5.78. The molecule has 0 heterocycles. The van der Waals surface area contributed by atoms with E-state index in [9.17, 15) is 4.79 Å². The van der Waals surface area contributed by atoms with Gasteiger partial charge in [0, 0.05) is 12.0 Å². The predicted molar refractivity (Wildman–Crippen MR) is 52.2 cm³/mol. The van der Waals surface area contributed by atoms with Crippen molar-refractivity contribution >= 4 is 5.91 Å². The van der Waals surface area contributed by atoms with Crippen LogP contribution in [-0.2, 0) is 4.79 Å². The van der Waals surface area contributed by atoms with E-state index in [-0.39, 0.29) is 11.8 Å². The molecule has 1 N–H and O–H groups in total. The second-order valence-corrected chi connectivity index (χ2v) is 5.04. The molecule has 3 rings (SSSR count). The van der Waals surface area contributed by atoms with E-state index in [0.717, 1.165) is 11.8 Å². The van der Waals surface area contributed by atoms with E-state index in [4.69, 9.17) is 0 Å². The van der Waals surface area contributed by atoms with Gasteiger partial charge in [-0.05, 0) is 37.5 Å². The first kappa shape index (κ1) is 9.04. The van der Waals surface area contributed by atoms with Gasteiger partial charge in [0.25, 0.3) is 0 Å². The minimum Gasteiger partial charge on any atom is -0.353 e. The van der Waals surface area contributed by atoms with E-state index in [1.54, 1.807) is 0 Å². The summed E-state index contributed by atoms with van der Waals surface area (Å²) < 4.78 is 0. The van der Waals surface area contributed by atoms with Gasteiger partial charge in [-0.1, -0.05) is 13.8 Å². The molecule has 74 valence electrons. The highest BCUT2D eigenvalue weighted by Gasteiger charge is 2.38. The van der Waals surface area contributed by atoms with E-state index in [1.807, 2.05) is 13.8 Å². The fraction of sp³-hybridized carbons (Fsp3) is 0.909. The maximum absolute atomic E-state index is 11.4. The normalized spacial score (nSPS) is 37.0. The zero-order chi connectivity index (χ0) is 9.42. The number of carbonyl (C=O) groups excluding carboxylic acids is 1. The fourth-order valence-corrected chi connectivity index (χ4v) is 2.65. The molecule has 13 heavy (non-hydrogen) atoms. The van der Waals surface area contributed by atoms with Gasteiger partial charge in [-0.3, -0.25) is 4.79 Å². The lowest BCUT2D eigenvalue weighted by Crippen LogP contribution is -2.47. The van der Waals surface area contributed by atoms with Crippen molar-refractivity contribution in [2.75, 3.05) is 0 Å². The predicted octanol–water partition coefficient (Wildman–Crippen LogP) is 1.95. The largest absolute Gasteiger partial charge is 0.353 e. The molecule has 0 aromatic carbocycles. The number of hydrogen-bond donors (Lipinski definition) is 1. The molecule has 0 aromatic heterocycles. The van der Waals surface area contributed by atoms with Crippen LogP contribution in [0.25, 0.3) is 0 Å². The molecule has 3 fully saturated rings. The summed E-state index contributed by atoms with van der Waals surface area (Å²) in [5.74, 6) is 2.22. The number of hydrogen-bond acceptors (Lipinski definition) is 1. The van der Waals surface area contributed by atoms with Gasteiger partial charge in [0.2, 0.25) is 5.91 Å². The third kappa shape index (κ3) is 1.87. The Labute approximate surface area is 80.1 Å². The molecule has 0 radical (unpaired) electrons. The molecule has 3 saturated carbocycles. The zero-order valence-electron chi connectivity index (χ0n) is 8.55. The van der Waals surface area contributed by atoms with Crippen LogP contribution in [0.15, 0.2) is 0 Å². The van der Waals surface area contributed by atoms with Gasteiger partial charge >= 0.3 is 0 Å². The van der Waals surface area contributed by atoms with Crippen LogP contribution in [0.5, 0.6) is 0 Å². The Morgan fingerprint density at radius 3 is 2.15 bits per heavy atom. The van der Waals surface area contributed by atoms with E-state index >= 15 is 0 Å². The lowest BCUT2D eigenvalue weighted by atomic mass is 9.63. The Hall–Kier alpha value is -0.530. The topological polar surface area (TPSA) is 29.1 Å². The zero-order valence-corrected chi connectivity index (χ0v) is 8.55. The summed E-state index contributed by atoms with van der Waals surface area (Å²) in [5, 5.41) is 3.14. The molecule has 3 aliphatic carbocycles. The summed E-state index contributed by atoms with van der Waals surface area (Å²) in [6, 6.07) is 0.493. The Morgan fingerprint density at radius 1 is 1.15 bits per heavy atom. The van der Waals surface area contributed by atoms with Gasteiger partial charge in [-0.25, -0.2) is 0 Å². The molecule has 0 aromatic rings. The van der Waals surface area contributed by atoms with Crippen LogP contribution in [0.3, 0.4) is 0 Å². The smallest absolute Gasteiger partial charge is 0.222 e. The maximum atomic E-state index is 11.4. The molecule has 3 aliphatic rings. The quantitative estimate of drug-likeness (QED) is 0.693. The minimum absolute atomic E-state index is 0.137. The number of nitrogens with one attached hydrogen (secondary N) is 1. The Balaban J connectivity index is 1.79. The van der Waals surface area contributed by atoms with Crippen LogP contribution < -0.4 is 5.32 Å². The number of amides is 1. The van der Waals surface area contributed by atoms with Gasteiger partial charge < -0.3 is 5.32 Å². The molecule has 0 spiro atoms. The first-order valence-electron chi connectivity index (χ1n) is 5.45. The van der Waals surface area contributed by atoms with Crippen LogP contribution in [0.2, 0.25) is 0 Å². The maximum Gasteiger partial charge on any atom is 0.222 e. The molecular weight excluding hydrogens is 162 g/mol. The molecular formula is C11H19NO. The third-order valence-electron chi connectivity index (χ3n) is 3.44. The molecule has 0 saturated heterocycles. The summed E-state index contributed by atoms with van der Waals surface area (Å²) in [4.78, 5) is 11.4. The standard InChI is InChI=1S/C11H19NO/c1-7(2)11(13)12-10-5-8-3-9(4-8)6-10/h7-10H,3-6H2,1-2H3,(H,12,13)/t8-,9-. The number of carbonyl (C=O) groups is 1. The third-order valence-corrected chi connectivity index (χ3v) is 3.44. The molecule has 1 amide bonds. The summed E-state index contributed by atoms with van der Waals surface area (Å²) in [6.07, 6.45) is 5.31. The molecule has 0 aliphatic heterocycles. The molecule has 2 heteroatoms. The molecule has 2 nitrogen and oxygen atoms in total. The van der Waals surface area contributed by atoms with Crippen molar-refractivity contribution in [3.63, 3.8) is 0 Å². The SMILES string of the molecule is CC(C)C(=O)NC1C[C@H]2C[C@H](C1)C2. The van der Waals surface area contributed by atoms with Crippen molar-refractivity contribution in [1.29, 1.82) is 0 Å². The van der Waals surface area contributed by atoms with Gasteiger partial charge in [-0.2, -0.15) is 0 Å². The van der Waals surface area contributed by atoms with Crippen molar-refractivity contribution in [2.24, 2.45) is 17.8 Å². The Morgan fingerprint density at radius 2 is 1.69 bits per heavy atom. The molecule has 2 bridgehead atoms.